The Bertz CT molecular complexity index is 154. The van der Waals surface area contributed by atoms with Crippen LogP contribution in [0.5, 0.6) is 0 Å². The molecule has 1 aliphatic carbocycles. The van der Waals surface area contributed by atoms with Gasteiger partial charge in [-0.1, -0.05) is 32.1 Å². The second-order valence-corrected chi connectivity index (χ2v) is 5.00. The van der Waals surface area contributed by atoms with Gasteiger partial charge >= 0.3 is 0 Å². The number of alkyl halides is 1. The predicted octanol–water partition coefficient (Wildman–Crippen LogP) is 3.21. The second-order valence-electron chi connectivity index (χ2n) is 4.44. The minimum Gasteiger partial charge on any atom is -0.381 e. The fourth-order valence-electron chi connectivity index (χ4n) is 2.73. The summed E-state index contributed by atoms with van der Waals surface area (Å²) >= 11 is 6.34. The van der Waals surface area contributed by atoms with E-state index < -0.39 is 0 Å². The summed E-state index contributed by atoms with van der Waals surface area (Å²) in [5.74, 6) is 1.51. The average molecular weight is 203 g/mol. The van der Waals surface area contributed by atoms with Crippen molar-refractivity contribution in [2.24, 2.45) is 11.8 Å². The van der Waals surface area contributed by atoms with Gasteiger partial charge in [-0.25, -0.2) is 0 Å². The van der Waals surface area contributed by atoms with Crippen LogP contribution in [-0.2, 0) is 4.74 Å². The molecule has 1 saturated carbocycles. The van der Waals surface area contributed by atoms with E-state index in [9.17, 15) is 0 Å². The topological polar surface area (TPSA) is 9.23 Å². The van der Waals surface area contributed by atoms with Crippen molar-refractivity contribution in [3.05, 3.63) is 0 Å². The molecule has 2 aliphatic rings. The summed E-state index contributed by atoms with van der Waals surface area (Å²) in [7, 11) is 0. The molecule has 76 valence electrons. The van der Waals surface area contributed by atoms with E-state index in [0.717, 1.165) is 25.6 Å². The molecule has 0 amide bonds. The molecule has 2 unspecified atom stereocenters. The van der Waals surface area contributed by atoms with Crippen LogP contribution in [0, 0.1) is 11.8 Å². The average Bonchev–Trinajstić information content (AvgIpc) is 2.20. The van der Waals surface area contributed by atoms with E-state index in [2.05, 4.69) is 0 Å². The first kappa shape index (κ1) is 9.79. The van der Waals surface area contributed by atoms with Crippen molar-refractivity contribution in [2.45, 2.75) is 43.9 Å². The largest absolute Gasteiger partial charge is 0.381 e. The van der Waals surface area contributed by atoms with E-state index in [-0.39, 0.29) is 0 Å². The van der Waals surface area contributed by atoms with Crippen LogP contribution >= 0.6 is 11.6 Å². The number of hydrogen-bond acceptors (Lipinski definition) is 1. The Kier molecular flexibility index (Phi) is 3.51. The first-order valence-electron chi connectivity index (χ1n) is 5.60. The molecule has 1 saturated heterocycles. The van der Waals surface area contributed by atoms with Crippen LogP contribution in [0.1, 0.15) is 38.5 Å². The molecule has 0 aromatic rings. The van der Waals surface area contributed by atoms with Gasteiger partial charge in [-0.15, -0.1) is 11.6 Å². The molecule has 2 heteroatoms. The normalized spacial score (nSPS) is 37.6. The molecule has 1 nitrogen and oxygen atoms in total. The Hall–Kier alpha value is 0.250. The molecule has 2 rings (SSSR count). The maximum atomic E-state index is 6.34. The lowest BCUT2D eigenvalue weighted by Gasteiger charge is -2.35. The van der Waals surface area contributed by atoms with Crippen LogP contribution in [-0.4, -0.2) is 18.6 Å². The second kappa shape index (κ2) is 4.65. The Morgan fingerprint density at radius 2 is 1.77 bits per heavy atom. The molecular weight excluding hydrogens is 184 g/mol. The van der Waals surface area contributed by atoms with E-state index >= 15 is 0 Å². The molecule has 2 atom stereocenters. The molecule has 2 fully saturated rings. The third kappa shape index (κ3) is 2.38. The van der Waals surface area contributed by atoms with Gasteiger partial charge in [0, 0.05) is 17.9 Å². The highest BCUT2D eigenvalue weighted by Crippen LogP contribution is 2.36. The predicted molar refractivity (Wildman–Crippen MR) is 55.1 cm³/mol. The molecule has 0 bridgehead atoms. The minimum atomic E-state index is 0.386. The Balaban J connectivity index is 1.88. The summed E-state index contributed by atoms with van der Waals surface area (Å²) in [5, 5.41) is 0.386. The molecule has 13 heavy (non-hydrogen) atoms. The fraction of sp³-hybridized carbons (Fsp3) is 1.00. The molecule has 1 aliphatic heterocycles. The molecule has 0 radical (unpaired) electrons. The van der Waals surface area contributed by atoms with E-state index in [4.69, 9.17) is 16.3 Å². The lowest BCUT2D eigenvalue weighted by molar-refractivity contribution is 0.0253. The zero-order valence-electron chi connectivity index (χ0n) is 8.18. The van der Waals surface area contributed by atoms with Crippen LogP contribution in [0.2, 0.25) is 0 Å². The van der Waals surface area contributed by atoms with Crippen LogP contribution in [0.4, 0.5) is 0 Å². The number of halogens is 1. The van der Waals surface area contributed by atoms with Crippen molar-refractivity contribution in [3.8, 4) is 0 Å². The highest BCUT2D eigenvalue weighted by molar-refractivity contribution is 6.20. The van der Waals surface area contributed by atoms with Crippen molar-refractivity contribution in [1.29, 1.82) is 0 Å². The molecule has 0 N–H and O–H groups in total. The molecule has 0 aromatic heterocycles. The van der Waals surface area contributed by atoms with Gasteiger partial charge in [0.25, 0.3) is 0 Å². The Morgan fingerprint density at radius 1 is 1.00 bits per heavy atom. The summed E-state index contributed by atoms with van der Waals surface area (Å²) in [6.45, 7) is 1.79. The lowest BCUT2D eigenvalue weighted by atomic mass is 9.77. The van der Waals surface area contributed by atoms with Gasteiger partial charge in [-0.3, -0.25) is 0 Å². The van der Waals surface area contributed by atoms with Gasteiger partial charge < -0.3 is 4.74 Å². The highest BCUT2D eigenvalue weighted by atomic mass is 35.5. The quantitative estimate of drug-likeness (QED) is 0.594. The van der Waals surface area contributed by atoms with E-state index in [1.807, 2.05) is 0 Å². The van der Waals surface area contributed by atoms with E-state index in [1.54, 1.807) is 0 Å². The SMILES string of the molecule is ClC1CCOCC1C1CCCCC1. The minimum absolute atomic E-state index is 0.386. The van der Waals surface area contributed by atoms with Crippen LogP contribution in [0.25, 0.3) is 0 Å². The van der Waals surface area contributed by atoms with Gasteiger partial charge in [0.15, 0.2) is 0 Å². The van der Waals surface area contributed by atoms with Gasteiger partial charge in [0.2, 0.25) is 0 Å². The summed E-state index contributed by atoms with van der Waals surface area (Å²) in [6, 6.07) is 0. The summed E-state index contributed by atoms with van der Waals surface area (Å²) in [5.41, 5.74) is 0. The smallest absolute Gasteiger partial charge is 0.0511 e. The standard InChI is InChI=1S/C11H19ClO/c12-11-6-7-13-8-10(11)9-4-2-1-3-5-9/h9-11H,1-8H2. The molecule has 0 spiro atoms. The zero-order chi connectivity index (χ0) is 9.10. The van der Waals surface area contributed by atoms with Gasteiger partial charge in [0.05, 0.1) is 6.61 Å². The van der Waals surface area contributed by atoms with Gasteiger partial charge in [-0.2, -0.15) is 0 Å². The third-order valence-corrected chi connectivity index (χ3v) is 4.11. The van der Waals surface area contributed by atoms with Crippen molar-refractivity contribution >= 4 is 11.6 Å². The van der Waals surface area contributed by atoms with E-state index in [1.165, 1.54) is 32.1 Å². The van der Waals surface area contributed by atoms with E-state index in [0.29, 0.717) is 11.3 Å². The van der Waals surface area contributed by atoms with Crippen molar-refractivity contribution in [1.82, 2.24) is 0 Å². The molecular formula is C11H19ClO. The van der Waals surface area contributed by atoms with Gasteiger partial charge in [0.1, 0.15) is 0 Å². The third-order valence-electron chi connectivity index (χ3n) is 3.57. The van der Waals surface area contributed by atoms with Gasteiger partial charge in [-0.05, 0) is 12.3 Å². The zero-order valence-corrected chi connectivity index (χ0v) is 8.93. The summed E-state index contributed by atoms with van der Waals surface area (Å²) < 4.78 is 5.52. The number of rotatable bonds is 1. The number of hydrogen-bond donors (Lipinski definition) is 0. The highest BCUT2D eigenvalue weighted by Gasteiger charge is 2.31. The van der Waals surface area contributed by atoms with Crippen molar-refractivity contribution < 1.29 is 4.74 Å². The maximum Gasteiger partial charge on any atom is 0.0511 e. The first-order valence-corrected chi connectivity index (χ1v) is 6.03. The number of ether oxygens (including phenoxy) is 1. The fourth-order valence-corrected chi connectivity index (χ4v) is 3.10. The lowest BCUT2D eigenvalue weighted by Crippen LogP contribution is -2.34. The summed E-state index contributed by atoms with van der Waals surface area (Å²) in [4.78, 5) is 0. The van der Waals surface area contributed by atoms with Crippen LogP contribution in [0.3, 0.4) is 0 Å². The summed E-state index contributed by atoms with van der Waals surface area (Å²) in [6.07, 6.45) is 8.07. The Labute approximate surface area is 85.8 Å². The maximum absolute atomic E-state index is 6.34. The monoisotopic (exact) mass is 202 g/mol. The Morgan fingerprint density at radius 3 is 2.46 bits per heavy atom. The molecule has 0 aromatic carbocycles. The van der Waals surface area contributed by atoms with Crippen molar-refractivity contribution in [3.63, 3.8) is 0 Å². The first-order chi connectivity index (χ1) is 6.38. The molecule has 1 heterocycles. The van der Waals surface area contributed by atoms with Crippen LogP contribution in [0.15, 0.2) is 0 Å². The van der Waals surface area contributed by atoms with Crippen molar-refractivity contribution in [2.75, 3.05) is 13.2 Å². The van der Waals surface area contributed by atoms with Crippen LogP contribution < -0.4 is 0 Å².